The molecule has 0 aromatic heterocycles. The summed E-state index contributed by atoms with van der Waals surface area (Å²) < 4.78 is 68.5. The highest BCUT2D eigenvalue weighted by molar-refractivity contribution is 7.47. The number of rotatable bonds is 72. The van der Waals surface area contributed by atoms with E-state index in [-0.39, 0.29) is 25.7 Å². The minimum Gasteiger partial charge on any atom is -0.462 e. The molecule has 19 heteroatoms. The first-order chi connectivity index (χ1) is 45.1. The van der Waals surface area contributed by atoms with Crippen molar-refractivity contribution < 1.29 is 80.2 Å². The predicted molar refractivity (Wildman–Crippen MR) is 381 cm³/mol. The van der Waals surface area contributed by atoms with E-state index in [2.05, 4.69) is 55.4 Å². The number of aliphatic hydroxyl groups excluding tert-OH is 1. The predicted octanol–water partition coefficient (Wildman–Crippen LogP) is 21.7. The van der Waals surface area contributed by atoms with E-state index in [0.29, 0.717) is 31.6 Å². The molecule has 0 fully saturated rings. The Labute approximate surface area is 575 Å². The van der Waals surface area contributed by atoms with Crippen LogP contribution in [-0.4, -0.2) is 96.7 Å². The minimum atomic E-state index is -4.96. The lowest BCUT2D eigenvalue weighted by molar-refractivity contribution is -0.161. The van der Waals surface area contributed by atoms with E-state index < -0.39 is 97.5 Å². The lowest BCUT2D eigenvalue weighted by atomic mass is 10.0. The van der Waals surface area contributed by atoms with Crippen LogP contribution in [0.4, 0.5) is 0 Å². The topological polar surface area (TPSA) is 237 Å². The average molecular weight is 1380 g/mol. The fraction of sp³-hybridized carbons (Fsp3) is 0.947. The Morgan fingerprint density at radius 3 is 0.660 bits per heavy atom. The highest BCUT2D eigenvalue weighted by Crippen LogP contribution is 2.45. The van der Waals surface area contributed by atoms with Gasteiger partial charge in [0.15, 0.2) is 12.2 Å². The van der Waals surface area contributed by atoms with Gasteiger partial charge in [0.1, 0.15) is 19.3 Å². The summed E-state index contributed by atoms with van der Waals surface area (Å²) in [5, 5.41) is 10.6. The molecular weight excluding hydrogens is 1230 g/mol. The van der Waals surface area contributed by atoms with Crippen molar-refractivity contribution in [3.8, 4) is 0 Å². The maximum Gasteiger partial charge on any atom is 0.472 e. The van der Waals surface area contributed by atoms with Crippen molar-refractivity contribution in [2.24, 2.45) is 23.7 Å². The van der Waals surface area contributed by atoms with Crippen molar-refractivity contribution in [1.82, 2.24) is 0 Å². The molecule has 558 valence electrons. The van der Waals surface area contributed by atoms with Gasteiger partial charge < -0.3 is 33.8 Å². The summed E-state index contributed by atoms with van der Waals surface area (Å²) in [5.41, 5.74) is 0. The van der Waals surface area contributed by atoms with Crippen LogP contribution in [0.5, 0.6) is 0 Å². The van der Waals surface area contributed by atoms with E-state index in [0.717, 1.165) is 114 Å². The Bertz CT molecular complexity index is 1850. The van der Waals surface area contributed by atoms with Gasteiger partial charge in [-0.3, -0.25) is 37.3 Å². The van der Waals surface area contributed by atoms with Crippen molar-refractivity contribution in [2.45, 2.75) is 395 Å². The molecule has 0 aliphatic rings. The Balaban J connectivity index is 5.25. The second-order valence-corrected chi connectivity index (χ2v) is 31.9. The van der Waals surface area contributed by atoms with Crippen LogP contribution in [0.1, 0.15) is 376 Å². The second-order valence-electron chi connectivity index (χ2n) is 28.9. The standard InChI is InChI=1S/C75H146O17P2/c1-65(2)51-43-35-27-20-15-11-9-13-17-23-32-41-49-57-74(79)91-70(61-85-72(77)55-47-39-31-25-19-22-29-37-45-53-67(5)6)63-89-93(81,82)87-59-69(76)60-88-94(83,84)90-64-71(62-86-73(78)56-48-40-34-26-30-38-46-54-68(7)8)92-75(80)58-50-42-33-24-18-14-10-12-16-21-28-36-44-52-66(3)4/h65-71,76H,9-64H2,1-8H3,(H,81,82)(H,83,84)/t69?,70-,71-/m1/s1. The highest BCUT2D eigenvalue weighted by Gasteiger charge is 2.30. The van der Waals surface area contributed by atoms with Crippen LogP contribution in [0.2, 0.25) is 0 Å². The van der Waals surface area contributed by atoms with Crippen molar-refractivity contribution in [3.63, 3.8) is 0 Å². The molecule has 0 spiro atoms. The van der Waals surface area contributed by atoms with Gasteiger partial charge in [0.2, 0.25) is 0 Å². The van der Waals surface area contributed by atoms with Crippen molar-refractivity contribution in [2.75, 3.05) is 39.6 Å². The molecule has 5 atom stereocenters. The Morgan fingerprint density at radius 1 is 0.266 bits per heavy atom. The smallest absolute Gasteiger partial charge is 0.462 e. The lowest BCUT2D eigenvalue weighted by Crippen LogP contribution is -2.30. The molecule has 0 aliphatic heterocycles. The number of phosphoric ester groups is 2. The van der Waals surface area contributed by atoms with Crippen LogP contribution < -0.4 is 0 Å². The number of aliphatic hydroxyl groups is 1. The molecular formula is C75H146O17P2. The lowest BCUT2D eigenvalue weighted by Gasteiger charge is -2.21. The van der Waals surface area contributed by atoms with E-state index in [9.17, 15) is 43.2 Å². The first kappa shape index (κ1) is 92.1. The molecule has 0 aliphatic carbocycles. The molecule has 0 radical (unpaired) electrons. The Morgan fingerprint density at radius 2 is 0.447 bits per heavy atom. The molecule has 0 bridgehead atoms. The molecule has 0 saturated carbocycles. The van der Waals surface area contributed by atoms with Gasteiger partial charge in [0, 0.05) is 25.7 Å². The quantitative estimate of drug-likeness (QED) is 0.0222. The molecule has 0 amide bonds. The van der Waals surface area contributed by atoms with Crippen molar-refractivity contribution in [1.29, 1.82) is 0 Å². The monoisotopic (exact) mass is 1380 g/mol. The van der Waals surface area contributed by atoms with E-state index in [1.807, 2.05) is 0 Å². The fourth-order valence-electron chi connectivity index (χ4n) is 11.4. The number of ether oxygens (including phenoxy) is 4. The SMILES string of the molecule is CC(C)CCCCCCCCCCCCCCCC(=O)O[C@H](COC(=O)CCCCCCCCCCCC(C)C)COP(=O)(O)OCC(O)COP(=O)(O)OC[C@@H](COC(=O)CCCCCCCCCC(C)C)OC(=O)CCCCCCCCCCCCCCCC(C)C. The Hall–Kier alpha value is -1.94. The van der Waals surface area contributed by atoms with Crippen LogP contribution in [-0.2, 0) is 65.4 Å². The third-order valence-corrected chi connectivity index (χ3v) is 19.2. The molecule has 3 unspecified atom stereocenters. The summed E-state index contributed by atoms with van der Waals surface area (Å²) in [7, 11) is -9.91. The van der Waals surface area contributed by atoms with Gasteiger partial charge >= 0.3 is 39.5 Å². The first-order valence-corrected chi connectivity index (χ1v) is 41.7. The second kappa shape index (κ2) is 64.4. The van der Waals surface area contributed by atoms with Crippen LogP contribution in [0.25, 0.3) is 0 Å². The molecule has 0 rings (SSSR count). The Kier molecular flexibility index (Phi) is 63.1. The van der Waals surface area contributed by atoms with Gasteiger partial charge in [-0.2, -0.15) is 0 Å². The molecule has 17 nitrogen and oxygen atoms in total. The number of phosphoric acid groups is 2. The molecule has 3 N–H and O–H groups in total. The summed E-state index contributed by atoms with van der Waals surface area (Å²) >= 11 is 0. The van der Waals surface area contributed by atoms with E-state index in [1.54, 1.807) is 0 Å². The molecule has 0 saturated heterocycles. The van der Waals surface area contributed by atoms with Crippen LogP contribution in [0.3, 0.4) is 0 Å². The molecule has 0 aromatic rings. The van der Waals surface area contributed by atoms with Crippen LogP contribution in [0, 0.1) is 23.7 Å². The summed E-state index contributed by atoms with van der Waals surface area (Å²) in [6, 6.07) is 0. The fourth-order valence-corrected chi connectivity index (χ4v) is 13.0. The third kappa shape index (κ3) is 68.6. The molecule has 0 aromatic carbocycles. The number of hydrogen-bond acceptors (Lipinski definition) is 15. The average Bonchev–Trinajstić information content (AvgIpc) is 1.50. The van der Waals surface area contributed by atoms with Crippen molar-refractivity contribution >= 4 is 39.5 Å². The van der Waals surface area contributed by atoms with Gasteiger partial charge in [-0.1, -0.05) is 325 Å². The van der Waals surface area contributed by atoms with E-state index >= 15 is 0 Å². The molecule has 0 heterocycles. The number of esters is 4. The van der Waals surface area contributed by atoms with Gasteiger partial charge in [-0.05, 0) is 49.4 Å². The number of hydrogen-bond donors (Lipinski definition) is 3. The summed E-state index contributed by atoms with van der Waals surface area (Å²) in [6.45, 7) is 14.2. The van der Waals surface area contributed by atoms with Crippen LogP contribution in [0.15, 0.2) is 0 Å². The zero-order valence-corrected chi connectivity index (χ0v) is 63.4. The van der Waals surface area contributed by atoms with Gasteiger partial charge in [-0.25, -0.2) is 9.13 Å². The van der Waals surface area contributed by atoms with Crippen LogP contribution >= 0.6 is 15.6 Å². The maximum absolute atomic E-state index is 13.1. The van der Waals surface area contributed by atoms with Gasteiger partial charge in [0.25, 0.3) is 0 Å². The third-order valence-electron chi connectivity index (χ3n) is 17.3. The summed E-state index contributed by atoms with van der Waals surface area (Å²) in [5.74, 6) is 0.899. The van der Waals surface area contributed by atoms with E-state index in [4.69, 9.17) is 37.0 Å². The summed E-state index contributed by atoms with van der Waals surface area (Å²) in [6.07, 6.45) is 48.6. The minimum absolute atomic E-state index is 0.106. The summed E-state index contributed by atoms with van der Waals surface area (Å²) in [4.78, 5) is 72.8. The normalized spacial score (nSPS) is 14.2. The first-order valence-electron chi connectivity index (χ1n) is 38.7. The van der Waals surface area contributed by atoms with E-state index in [1.165, 1.54) is 173 Å². The maximum atomic E-state index is 13.1. The zero-order chi connectivity index (χ0) is 69.6. The zero-order valence-electron chi connectivity index (χ0n) is 61.6. The van der Waals surface area contributed by atoms with Gasteiger partial charge in [-0.15, -0.1) is 0 Å². The molecule has 94 heavy (non-hydrogen) atoms. The highest BCUT2D eigenvalue weighted by atomic mass is 31.2. The number of carbonyl (C=O) groups is 4. The number of unbranched alkanes of at least 4 members (excludes halogenated alkanes) is 38. The van der Waals surface area contributed by atoms with Crippen molar-refractivity contribution in [3.05, 3.63) is 0 Å². The van der Waals surface area contributed by atoms with Gasteiger partial charge in [0.05, 0.1) is 26.4 Å². The number of carbonyl (C=O) groups excluding carboxylic acids is 4. The largest absolute Gasteiger partial charge is 0.472 e.